The summed E-state index contributed by atoms with van der Waals surface area (Å²) in [6.07, 6.45) is 15.3. The van der Waals surface area contributed by atoms with Crippen LogP contribution < -0.4 is 4.74 Å². The van der Waals surface area contributed by atoms with Crippen LogP contribution in [0.3, 0.4) is 0 Å². The standard InChI is InChI=1S/C21H19ClO/c1-21(2)16-10-9-14-13-5-3-4-6-18(13)23-20(14)19(16)15-8-7-12(22)11-17(15)21/h3-11,13,15,17-18H,1-2H3. The molecule has 4 unspecified atom stereocenters. The molecule has 0 fully saturated rings. The lowest BCUT2D eigenvalue weighted by atomic mass is 9.74. The molecule has 0 radical (unpaired) electrons. The third kappa shape index (κ3) is 1.69. The van der Waals surface area contributed by atoms with Crippen LogP contribution >= 0.6 is 11.6 Å². The summed E-state index contributed by atoms with van der Waals surface area (Å²) in [5, 5.41) is 0.851. The molecular formula is C21H19ClO. The first-order chi connectivity index (χ1) is 11.1. The zero-order chi connectivity index (χ0) is 15.8. The molecule has 0 saturated heterocycles. The summed E-state index contributed by atoms with van der Waals surface area (Å²) in [4.78, 5) is 0. The van der Waals surface area contributed by atoms with Gasteiger partial charge in [-0.25, -0.2) is 0 Å². The van der Waals surface area contributed by atoms with Crippen LogP contribution in [0, 0.1) is 5.92 Å². The molecule has 0 saturated carbocycles. The molecule has 1 heterocycles. The van der Waals surface area contributed by atoms with Gasteiger partial charge < -0.3 is 4.74 Å². The number of benzene rings is 1. The predicted octanol–water partition coefficient (Wildman–Crippen LogP) is 5.34. The van der Waals surface area contributed by atoms with Crippen molar-refractivity contribution in [3.05, 3.63) is 76.4 Å². The molecule has 0 aromatic heterocycles. The van der Waals surface area contributed by atoms with Crippen LogP contribution in [0.15, 0.2) is 59.7 Å². The summed E-state index contributed by atoms with van der Waals surface area (Å²) in [6.45, 7) is 4.65. The maximum absolute atomic E-state index is 6.40. The average molecular weight is 323 g/mol. The molecular weight excluding hydrogens is 304 g/mol. The Hall–Kier alpha value is -1.73. The van der Waals surface area contributed by atoms with Gasteiger partial charge in [-0.05, 0) is 29.0 Å². The number of allylic oxidation sites excluding steroid dienone is 6. The first kappa shape index (κ1) is 13.7. The Kier molecular flexibility index (Phi) is 2.63. The Morgan fingerprint density at radius 2 is 1.87 bits per heavy atom. The number of hydrogen-bond donors (Lipinski definition) is 0. The Bertz CT molecular complexity index is 824. The van der Waals surface area contributed by atoms with Crippen molar-refractivity contribution in [3.8, 4) is 5.75 Å². The van der Waals surface area contributed by atoms with Crippen molar-refractivity contribution >= 4 is 11.6 Å². The van der Waals surface area contributed by atoms with Crippen LogP contribution in [0.2, 0.25) is 0 Å². The molecule has 1 aromatic rings. The van der Waals surface area contributed by atoms with Crippen molar-refractivity contribution in [2.75, 3.05) is 0 Å². The van der Waals surface area contributed by atoms with Crippen LogP contribution in [0.4, 0.5) is 0 Å². The minimum atomic E-state index is 0.0722. The van der Waals surface area contributed by atoms with Crippen molar-refractivity contribution < 1.29 is 4.74 Å². The summed E-state index contributed by atoms with van der Waals surface area (Å²) >= 11 is 6.29. The van der Waals surface area contributed by atoms with Crippen molar-refractivity contribution in [3.63, 3.8) is 0 Å². The highest BCUT2D eigenvalue weighted by Crippen LogP contribution is 2.59. The highest BCUT2D eigenvalue weighted by molar-refractivity contribution is 6.31. The van der Waals surface area contributed by atoms with Crippen molar-refractivity contribution in [1.82, 2.24) is 0 Å². The van der Waals surface area contributed by atoms with E-state index in [1.54, 1.807) is 0 Å². The SMILES string of the molecule is CC1(C)c2ccc3c(c2C2C=CC(Cl)=CC21)OC1C=CC=CC31. The van der Waals surface area contributed by atoms with Gasteiger partial charge in [0.15, 0.2) is 0 Å². The van der Waals surface area contributed by atoms with Gasteiger partial charge in [-0.15, -0.1) is 0 Å². The molecule has 1 aromatic carbocycles. The normalized spacial score (nSPS) is 34.3. The Morgan fingerprint density at radius 3 is 2.74 bits per heavy atom. The lowest BCUT2D eigenvalue weighted by Crippen LogP contribution is -2.25. The molecule has 116 valence electrons. The fraction of sp³-hybridized carbons (Fsp3) is 0.333. The number of halogens is 1. The van der Waals surface area contributed by atoms with Gasteiger partial charge in [0.2, 0.25) is 0 Å². The van der Waals surface area contributed by atoms with E-state index in [-0.39, 0.29) is 11.5 Å². The molecule has 2 heteroatoms. The molecule has 4 atom stereocenters. The molecule has 0 amide bonds. The summed E-state index contributed by atoms with van der Waals surface area (Å²) < 4.78 is 6.40. The maximum Gasteiger partial charge on any atom is 0.128 e. The number of rotatable bonds is 0. The Balaban J connectivity index is 1.73. The predicted molar refractivity (Wildman–Crippen MR) is 94.2 cm³/mol. The van der Waals surface area contributed by atoms with Crippen molar-refractivity contribution in [2.45, 2.75) is 37.2 Å². The summed E-state index contributed by atoms with van der Waals surface area (Å²) in [7, 11) is 0. The van der Waals surface area contributed by atoms with E-state index in [4.69, 9.17) is 16.3 Å². The average Bonchev–Trinajstić information content (AvgIpc) is 3.02. The van der Waals surface area contributed by atoms with Gasteiger partial charge in [-0.2, -0.15) is 0 Å². The molecule has 0 spiro atoms. The molecule has 4 aliphatic rings. The van der Waals surface area contributed by atoms with Gasteiger partial charge >= 0.3 is 0 Å². The van der Waals surface area contributed by atoms with E-state index in [0.717, 1.165) is 10.8 Å². The van der Waals surface area contributed by atoms with Crippen LogP contribution in [-0.2, 0) is 5.41 Å². The van der Waals surface area contributed by atoms with Crippen LogP contribution in [0.5, 0.6) is 5.75 Å². The van der Waals surface area contributed by atoms with E-state index in [2.05, 4.69) is 62.4 Å². The van der Waals surface area contributed by atoms with Crippen LogP contribution in [0.25, 0.3) is 0 Å². The summed E-state index contributed by atoms with van der Waals surface area (Å²) in [5.41, 5.74) is 4.19. The number of ether oxygens (including phenoxy) is 1. The number of hydrogen-bond acceptors (Lipinski definition) is 1. The first-order valence-electron chi connectivity index (χ1n) is 8.32. The maximum atomic E-state index is 6.40. The molecule has 1 aliphatic heterocycles. The van der Waals surface area contributed by atoms with E-state index >= 15 is 0 Å². The van der Waals surface area contributed by atoms with E-state index in [1.807, 2.05) is 6.08 Å². The quantitative estimate of drug-likeness (QED) is 0.626. The van der Waals surface area contributed by atoms with Crippen molar-refractivity contribution in [2.24, 2.45) is 5.92 Å². The molecule has 5 rings (SSSR count). The molecule has 23 heavy (non-hydrogen) atoms. The second-order valence-corrected chi connectivity index (χ2v) is 7.94. The van der Waals surface area contributed by atoms with Crippen molar-refractivity contribution in [1.29, 1.82) is 0 Å². The second kappa shape index (κ2) is 4.42. The highest BCUT2D eigenvalue weighted by atomic mass is 35.5. The van der Waals surface area contributed by atoms with E-state index < -0.39 is 0 Å². The smallest absolute Gasteiger partial charge is 0.128 e. The van der Waals surface area contributed by atoms with E-state index in [1.165, 1.54) is 16.7 Å². The van der Waals surface area contributed by atoms with E-state index in [9.17, 15) is 0 Å². The second-order valence-electron chi connectivity index (χ2n) is 7.51. The van der Waals surface area contributed by atoms with Crippen LogP contribution in [-0.4, -0.2) is 6.10 Å². The van der Waals surface area contributed by atoms with E-state index in [0.29, 0.717) is 17.8 Å². The molecule has 3 aliphatic carbocycles. The Morgan fingerprint density at radius 1 is 1.04 bits per heavy atom. The van der Waals surface area contributed by atoms with Crippen LogP contribution in [0.1, 0.15) is 42.4 Å². The number of fused-ring (bicyclic) bond motifs is 7. The Labute approximate surface area is 142 Å². The zero-order valence-electron chi connectivity index (χ0n) is 13.3. The zero-order valence-corrected chi connectivity index (χ0v) is 14.0. The largest absolute Gasteiger partial charge is 0.485 e. The third-order valence-corrected chi connectivity index (χ3v) is 6.23. The van der Waals surface area contributed by atoms with Gasteiger partial charge in [0.05, 0.1) is 0 Å². The third-order valence-electron chi connectivity index (χ3n) is 5.97. The first-order valence-corrected chi connectivity index (χ1v) is 8.69. The minimum absolute atomic E-state index is 0.0722. The van der Waals surface area contributed by atoms with Gasteiger partial charge in [-0.3, -0.25) is 0 Å². The van der Waals surface area contributed by atoms with Gasteiger partial charge in [0.1, 0.15) is 11.9 Å². The van der Waals surface area contributed by atoms with Gasteiger partial charge in [-0.1, -0.05) is 68.0 Å². The summed E-state index contributed by atoms with van der Waals surface area (Å²) in [6, 6.07) is 4.59. The fourth-order valence-corrected chi connectivity index (χ4v) is 4.99. The summed E-state index contributed by atoms with van der Waals surface area (Å²) in [5.74, 6) is 2.24. The lowest BCUT2D eigenvalue weighted by Gasteiger charge is -2.29. The van der Waals surface area contributed by atoms with Gasteiger partial charge in [0, 0.05) is 28.0 Å². The molecule has 1 nitrogen and oxygen atoms in total. The van der Waals surface area contributed by atoms with Gasteiger partial charge in [0.25, 0.3) is 0 Å². The fourth-order valence-electron chi connectivity index (χ4n) is 4.78. The molecule has 0 N–H and O–H groups in total. The monoisotopic (exact) mass is 322 g/mol. The molecule has 0 bridgehead atoms. The minimum Gasteiger partial charge on any atom is -0.485 e. The highest BCUT2D eigenvalue weighted by Gasteiger charge is 2.49. The lowest BCUT2D eigenvalue weighted by molar-refractivity contribution is 0.266. The topological polar surface area (TPSA) is 9.23 Å².